The minimum atomic E-state index is 0.260. The first kappa shape index (κ1) is 14.6. The second-order valence-corrected chi connectivity index (χ2v) is 7.00. The Bertz CT molecular complexity index is 305. The van der Waals surface area contributed by atoms with Crippen molar-refractivity contribution in [1.29, 1.82) is 0 Å². The maximum atomic E-state index is 12.5. The Morgan fingerprint density at radius 2 is 1.63 bits per heavy atom. The molecule has 4 nitrogen and oxygen atoms in total. The Balaban J connectivity index is 1.89. The number of urea groups is 1. The summed E-state index contributed by atoms with van der Waals surface area (Å²) in [5, 5.41) is 3.30. The molecule has 1 N–H and O–H groups in total. The van der Waals surface area contributed by atoms with Gasteiger partial charge in [0, 0.05) is 39.3 Å². The number of likely N-dealkylation sites (tertiary alicyclic amines) is 1. The summed E-state index contributed by atoms with van der Waals surface area (Å²) in [6.45, 7) is 12.4. The van der Waals surface area contributed by atoms with E-state index in [4.69, 9.17) is 0 Å². The summed E-state index contributed by atoms with van der Waals surface area (Å²) >= 11 is 0. The lowest BCUT2D eigenvalue weighted by molar-refractivity contribution is 0.145. The molecule has 0 saturated carbocycles. The van der Waals surface area contributed by atoms with Crippen LogP contribution in [0, 0.1) is 11.3 Å². The fraction of sp³-hybridized carbons (Fsp3) is 0.933. The molecule has 0 spiro atoms. The minimum absolute atomic E-state index is 0.260. The van der Waals surface area contributed by atoms with Crippen molar-refractivity contribution in [2.75, 3.05) is 39.3 Å². The van der Waals surface area contributed by atoms with Gasteiger partial charge in [-0.3, -0.25) is 0 Å². The number of hydrogen-bond acceptors (Lipinski definition) is 2. The van der Waals surface area contributed by atoms with Gasteiger partial charge in [-0.2, -0.15) is 0 Å². The topological polar surface area (TPSA) is 35.6 Å². The maximum absolute atomic E-state index is 12.5. The molecule has 2 aliphatic heterocycles. The summed E-state index contributed by atoms with van der Waals surface area (Å²) in [5.41, 5.74) is 0.369. The molecule has 0 aromatic rings. The molecule has 0 bridgehead atoms. The third-order valence-electron chi connectivity index (χ3n) is 4.61. The second-order valence-electron chi connectivity index (χ2n) is 7.00. The molecule has 0 aromatic heterocycles. The van der Waals surface area contributed by atoms with Crippen molar-refractivity contribution >= 4 is 6.03 Å². The molecule has 1 unspecified atom stereocenters. The van der Waals surface area contributed by atoms with Crippen molar-refractivity contribution < 1.29 is 4.79 Å². The van der Waals surface area contributed by atoms with E-state index in [0.717, 1.165) is 58.0 Å². The molecule has 0 aliphatic carbocycles. The van der Waals surface area contributed by atoms with Crippen molar-refractivity contribution in [1.82, 2.24) is 15.1 Å². The van der Waals surface area contributed by atoms with Gasteiger partial charge >= 0.3 is 6.03 Å². The normalized spacial score (nSPS) is 26.2. The van der Waals surface area contributed by atoms with Gasteiger partial charge < -0.3 is 15.1 Å². The lowest BCUT2D eigenvalue weighted by Gasteiger charge is -2.33. The van der Waals surface area contributed by atoms with Gasteiger partial charge in [-0.1, -0.05) is 20.8 Å². The standard InChI is InChI=1S/C15H29N3O/c1-15(2,3)13-5-4-9-17(10-6-13)14(19)18-11-7-16-8-12-18/h13,16H,4-12H2,1-3H3. The van der Waals surface area contributed by atoms with Crippen LogP contribution in [0.4, 0.5) is 4.79 Å². The van der Waals surface area contributed by atoms with Gasteiger partial charge in [0.2, 0.25) is 0 Å². The van der Waals surface area contributed by atoms with E-state index in [9.17, 15) is 4.79 Å². The number of nitrogens with one attached hydrogen (secondary N) is 1. The third kappa shape index (κ3) is 3.85. The van der Waals surface area contributed by atoms with Gasteiger partial charge in [-0.25, -0.2) is 4.79 Å². The largest absolute Gasteiger partial charge is 0.325 e. The van der Waals surface area contributed by atoms with E-state index in [-0.39, 0.29) is 6.03 Å². The van der Waals surface area contributed by atoms with Crippen molar-refractivity contribution in [2.45, 2.75) is 40.0 Å². The van der Waals surface area contributed by atoms with Crippen LogP contribution < -0.4 is 5.32 Å². The van der Waals surface area contributed by atoms with E-state index >= 15 is 0 Å². The lowest BCUT2D eigenvalue weighted by atomic mass is 9.77. The van der Waals surface area contributed by atoms with E-state index < -0.39 is 0 Å². The van der Waals surface area contributed by atoms with Gasteiger partial charge in [0.25, 0.3) is 0 Å². The summed E-state index contributed by atoms with van der Waals surface area (Å²) in [6.07, 6.45) is 3.57. The van der Waals surface area contributed by atoms with Crippen molar-refractivity contribution in [3.63, 3.8) is 0 Å². The van der Waals surface area contributed by atoms with Crippen LogP contribution in [-0.2, 0) is 0 Å². The lowest BCUT2D eigenvalue weighted by Crippen LogP contribution is -2.51. The number of hydrogen-bond donors (Lipinski definition) is 1. The molecular weight excluding hydrogens is 238 g/mol. The van der Waals surface area contributed by atoms with Crippen LogP contribution in [0.1, 0.15) is 40.0 Å². The molecule has 0 radical (unpaired) electrons. The van der Waals surface area contributed by atoms with Gasteiger partial charge in [0.1, 0.15) is 0 Å². The number of rotatable bonds is 0. The zero-order valence-electron chi connectivity index (χ0n) is 12.7. The summed E-state index contributed by atoms with van der Waals surface area (Å²) in [5.74, 6) is 0.744. The average Bonchev–Trinajstić information content (AvgIpc) is 2.64. The summed E-state index contributed by atoms with van der Waals surface area (Å²) < 4.78 is 0. The molecule has 2 rings (SSSR count). The average molecular weight is 267 g/mol. The minimum Gasteiger partial charge on any atom is -0.325 e. The maximum Gasteiger partial charge on any atom is 0.320 e. The molecule has 1 atom stereocenters. The van der Waals surface area contributed by atoms with Crippen LogP contribution in [0.3, 0.4) is 0 Å². The van der Waals surface area contributed by atoms with Gasteiger partial charge in [-0.15, -0.1) is 0 Å². The summed E-state index contributed by atoms with van der Waals surface area (Å²) in [4.78, 5) is 16.6. The molecule has 19 heavy (non-hydrogen) atoms. The highest BCUT2D eigenvalue weighted by Crippen LogP contribution is 2.34. The zero-order valence-corrected chi connectivity index (χ0v) is 12.7. The smallest absolute Gasteiger partial charge is 0.320 e. The first-order valence-electron chi connectivity index (χ1n) is 7.73. The quantitative estimate of drug-likeness (QED) is 0.730. The highest BCUT2D eigenvalue weighted by molar-refractivity contribution is 5.74. The van der Waals surface area contributed by atoms with Crippen LogP contribution in [0.2, 0.25) is 0 Å². The Kier molecular flexibility index (Phi) is 4.71. The van der Waals surface area contributed by atoms with E-state index in [1.54, 1.807) is 0 Å². The monoisotopic (exact) mass is 267 g/mol. The van der Waals surface area contributed by atoms with Gasteiger partial charge in [-0.05, 0) is 30.6 Å². The van der Waals surface area contributed by atoms with Crippen LogP contribution in [0.5, 0.6) is 0 Å². The van der Waals surface area contributed by atoms with Crippen LogP contribution in [0.15, 0.2) is 0 Å². The molecule has 0 aromatic carbocycles. The van der Waals surface area contributed by atoms with E-state index in [2.05, 4.69) is 31.0 Å². The first-order valence-corrected chi connectivity index (χ1v) is 7.73. The van der Waals surface area contributed by atoms with Crippen LogP contribution in [0.25, 0.3) is 0 Å². The third-order valence-corrected chi connectivity index (χ3v) is 4.61. The SMILES string of the molecule is CC(C)(C)C1CCCN(C(=O)N2CCNCC2)CC1. The van der Waals surface area contributed by atoms with Gasteiger partial charge in [0.15, 0.2) is 0 Å². The molecule has 2 saturated heterocycles. The number of nitrogens with zero attached hydrogens (tertiary/aromatic N) is 2. The van der Waals surface area contributed by atoms with E-state index in [1.807, 2.05) is 4.90 Å². The fourth-order valence-corrected chi connectivity index (χ4v) is 3.21. The number of amides is 2. The number of piperazine rings is 1. The summed E-state index contributed by atoms with van der Waals surface area (Å²) in [7, 11) is 0. The zero-order chi connectivity index (χ0) is 13.9. The molecule has 2 amide bonds. The van der Waals surface area contributed by atoms with Crippen molar-refractivity contribution in [2.24, 2.45) is 11.3 Å². The molecule has 2 heterocycles. The molecule has 2 aliphatic rings. The van der Waals surface area contributed by atoms with E-state index in [1.165, 1.54) is 6.42 Å². The summed E-state index contributed by atoms with van der Waals surface area (Å²) in [6, 6.07) is 0.260. The van der Waals surface area contributed by atoms with Crippen molar-refractivity contribution in [3.8, 4) is 0 Å². The molecule has 4 heteroatoms. The fourth-order valence-electron chi connectivity index (χ4n) is 3.21. The first-order chi connectivity index (χ1) is 8.98. The number of carbonyl (C=O) groups excluding carboxylic acids is 1. The van der Waals surface area contributed by atoms with Crippen molar-refractivity contribution in [3.05, 3.63) is 0 Å². The van der Waals surface area contributed by atoms with E-state index in [0.29, 0.717) is 5.41 Å². The van der Waals surface area contributed by atoms with Crippen LogP contribution >= 0.6 is 0 Å². The second kappa shape index (κ2) is 6.12. The predicted molar refractivity (Wildman–Crippen MR) is 78.2 cm³/mol. The Hall–Kier alpha value is -0.770. The molecule has 2 fully saturated rings. The molecular formula is C15H29N3O. The number of carbonyl (C=O) groups is 1. The highest BCUT2D eigenvalue weighted by Gasteiger charge is 2.30. The Morgan fingerprint density at radius 3 is 2.26 bits per heavy atom. The predicted octanol–water partition coefficient (Wildman–Crippen LogP) is 2.16. The Labute approximate surface area is 117 Å². The van der Waals surface area contributed by atoms with Crippen LogP contribution in [-0.4, -0.2) is 55.1 Å². The van der Waals surface area contributed by atoms with Gasteiger partial charge in [0.05, 0.1) is 0 Å². The molecule has 110 valence electrons. The Morgan fingerprint density at radius 1 is 1.00 bits per heavy atom. The highest BCUT2D eigenvalue weighted by atomic mass is 16.2.